The van der Waals surface area contributed by atoms with E-state index in [4.69, 9.17) is 0 Å². The first kappa shape index (κ1) is 18.0. The van der Waals surface area contributed by atoms with Crippen LogP contribution in [0, 0.1) is 5.92 Å². The summed E-state index contributed by atoms with van der Waals surface area (Å²) in [5, 5.41) is 4.20. The summed E-state index contributed by atoms with van der Waals surface area (Å²) in [6.07, 6.45) is 3.61. The van der Waals surface area contributed by atoms with Crippen LogP contribution in [0.1, 0.15) is 36.0 Å². The summed E-state index contributed by atoms with van der Waals surface area (Å²) in [4.78, 5) is 2.43. The highest BCUT2D eigenvalue weighted by molar-refractivity contribution is 5.25. The Balaban J connectivity index is 1.53. The van der Waals surface area contributed by atoms with Gasteiger partial charge in [0.1, 0.15) is 0 Å². The average Bonchev–Trinajstić information content (AvgIpc) is 2.98. The van der Waals surface area contributed by atoms with Crippen molar-refractivity contribution in [3.05, 3.63) is 53.3 Å². The minimum Gasteiger partial charge on any atom is -0.299 e. The monoisotopic (exact) mass is 351 g/mol. The summed E-state index contributed by atoms with van der Waals surface area (Å²) in [6, 6.07) is 5.73. The topological polar surface area (TPSA) is 21.1 Å². The second kappa shape index (κ2) is 7.60. The zero-order chi connectivity index (χ0) is 17.9. The van der Waals surface area contributed by atoms with E-state index in [9.17, 15) is 13.2 Å². The van der Waals surface area contributed by atoms with Crippen LogP contribution in [0.25, 0.3) is 0 Å². The molecule has 1 aromatic heterocycles. The van der Waals surface area contributed by atoms with Gasteiger partial charge in [-0.05, 0) is 49.8 Å². The molecule has 3 nitrogen and oxygen atoms in total. The molecule has 1 fully saturated rings. The van der Waals surface area contributed by atoms with Gasteiger partial charge in [0.15, 0.2) is 0 Å². The number of piperidine rings is 1. The van der Waals surface area contributed by atoms with Gasteiger partial charge in [-0.3, -0.25) is 9.58 Å². The molecule has 0 bridgehead atoms. The van der Waals surface area contributed by atoms with Crippen LogP contribution < -0.4 is 0 Å². The van der Waals surface area contributed by atoms with Crippen molar-refractivity contribution in [2.24, 2.45) is 13.0 Å². The molecule has 0 aliphatic carbocycles. The molecule has 1 atom stereocenters. The van der Waals surface area contributed by atoms with Gasteiger partial charge in [-0.1, -0.05) is 18.2 Å². The molecule has 136 valence electrons. The Labute approximate surface area is 146 Å². The van der Waals surface area contributed by atoms with Crippen molar-refractivity contribution in [3.63, 3.8) is 0 Å². The maximum absolute atomic E-state index is 12.8. The van der Waals surface area contributed by atoms with Crippen LogP contribution in [0.4, 0.5) is 13.2 Å². The van der Waals surface area contributed by atoms with Crippen LogP contribution in [0.5, 0.6) is 0 Å². The summed E-state index contributed by atoms with van der Waals surface area (Å²) in [5.41, 5.74) is 1.44. The van der Waals surface area contributed by atoms with Crippen molar-refractivity contribution in [1.29, 1.82) is 0 Å². The second-order valence-electron chi connectivity index (χ2n) is 7.00. The van der Waals surface area contributed by atoms with Crippen molar-refractivity contribution in [2.45, 2.75) is 38.4 Å². The fourth-order valence-corrected chi connectivity index (χ4v) is 3.62. The first-order valence-electron chi connectivity index (χ1n) is 8.76. The molecule has 1 aliphatic rings. The molecule has 0 spiro atoms. The van der Waals surface area contributed by atoms with Gasteiger partial charge in [0.25, 0.3) is 0 Å². The molecule has 1 saturated heterocycles. The normalized spacial score (nSPS) is 19.3. The second-order valence-corrected chi connectivity index (χ2v) is 7.00. The minimum atomic E-state index is -4.26. The number of aryl methyl sites for hydroxylation is 2. The highest BCUT2D eigenvalue weighted by atomic mass is 19.4. The molecule has 1 aliphatic heterocycles. The van der Waals surface area contributed by atoms with E-state index in [0.29, 0.717) is 12.3 Å². The molecule has 0 radical (unpaired) electrons. The third-order valence-electron chi connectivity index (χ3n) is 4.86. The lowest BCUT2D eigenvalue weighted by atomic mass is 9.91. The Kier molecular flexibility index (Phi) is 5.47. The molecule has 6 heteroatoms. The summed E-state index contributed by atoms with van der Waals surface area (Å²) < 4.78 is 40.2. The summed E-state index contributed by atoms with van der Waals surface area (Å²) >= 11 is 0. The summed E-state index contributed by atoms with van der Waals surface area (Å²) in [5.74, 6) is 0.542. The van der Waals surface area contributed by atoms with E-state index in [-0.39, 0.29) is 0 Å². The lowest BCUT2D eigenvalue weighted by molar-refractivity contribution is -0.137. The van der Waals surface area contributed by atoms with Gasteiger partial charge in [-0.15, -0.1) is 0 Å². The van der Waals surface area contributed by atoms with E-state index < -0.39 is 11.7 Å². The Morgan fingerprint density at radius 1 is 1.24 bits per heavy atom. The Bertz CT molecular complexity index is 693. The van der Waals surface area contributed by atoms with Gasteiger partial charge >= 0.3 is 6.18 Å². The number of aromatic nitrogens is 2. The molecule has 0 unspecified atom stereocenters. The van der Waals surface area contributed by atoms with Gasteiger partial charge < -0.3 is 0 Å². The number of halogens is 3. The smallest absolute Gasteiger partial charge is 0.299 e. The maximum Gasteiger partial charge on any atom is 0.416 e. The molecule has 0 N–H and O–H groups in total. The Morgan fingerprint density at radius 2 is 2.08 bits per heavy atom. The van der Waals surface area contributed by atoms with Crippen LogP contribution in [0.2, 0.25) is 0 Å². The third kappa shape index (κ3) is 5.08. The van der Waals surface area contributed by atoms with E-state index in [0.717, 1.165) is 50.5 Å². The standard InChI is InChI=1S/C19H24F3N3/c1-24-12-17(11-23-24)14-25-9-3-5-16(13-25)8-7-15-4-2-6-18(10-15)19(20,21)22/h2,4,6,10-12,16H,3,5,7-9,13-14H2,1H3/t16-/m0/s1. The van der Waals surface area contributed by atoms with E-state index in [2.05, 4.69) is 10.00 Å². The van der Waals surface area contributed by atoms with Crippen molar-refractivity contribution < 1.29 is 13.2 Å². The molecule has 25 heavy (non-hydrogen) atoms. The zero-order valence-electron chi connectivity index (χ0n) is 14.5. The number of hydrogen-bond donors (Lipinski definition) is 0. The van der Waals surface area contributed by atoms with Gasteiger partial charge in [-0.25, -0.2) is 0 Å². The fourth-order valence-electron chi connectivity index (χ4n) is 3.62. The van der Waals surface area contributed by atoms with Crippen LogP contribution in [-0.2, 0) is 26.2 Å². The summed E-state index contributed by atoms with van der Waals surface area (Å²) in [7, 11) is 1.91. The number of likely N-dealkylation sites (tertiary alicyclic amines) is 1. The van der Waals surface area contributed by atoms with Gasteiger partial charge in [0, 0.05) is 31.9 Å². The van der Waals surface area contributed by atoms with Crippen molar-refractivity contribution in [3.8, 4) is 0 Å². The van der Waals surface area contributed by atoms with Crippen LogP contribution in [0.3, 0.4) is 0 Å². The van der Waals surface area contributed by atoms with E-state index in [1.807, 2.05) is 24.1 Å². The Hall–Kier alpha value is -1.82. The molecule has 2 aromatic rings. The van der Waals surface area contributed by atoms with Crippen molar-refractivity contribution >= 4 is 0 Å². The first-order valence-corrected chi connectivity index (χ1v) is 8.76. The Morgan fingerprint density at radius 3 is 2.80 bits per heavy atom. The highest BCUT2D eigenvalue weighted by Gasteiger charge is 2.30. The average molecular weight is 351 g/mol. The lowest BCUT2D eigenvalue weighted by Gasteiger charge is -2.32. The van der Waals surface area contributed by atoms with E-state index in [1.54, 1.807) is 6.07 Å². The highest BCUT2D eigenvalue weighted by Crippen LogP contribution is 2.30. The quantitative estimate of drug-likeness (QED) is 0.801. The molecular weight excluding hydrogens is 327 g/mol. The number of benzene rings is 1. The predicted molar refractivity (Wildman–Crippen MR) is 91.0 cm³/mol. The van der Waals surface area contributed by atoms with Crippen LogP contribution in [-0.4, -0.2) is 27.8 Å². The zero-order valence-corrected chi connectivity index (χ0v) is 14.5. The van der Waals surface area contributed by atoms with Gasteiger partial charge in [0.05, 0.1) is 11.8 Å². The van der Waals surface area contributed by atoms with Crippen LogP contribution >= 0.6 is 0 Å². The summed E-state index contributed by atoms with van der Waals surface area (Å²) in [6.45, 7) is 2.98. The largest absolute Gasteiger partial charge is 0.416 e. The third-order valence-corrected chi connectivity index (χ3v) is 4.86. The fraction of sp³-hybridized carbons (Fsp3) is 0.526. The van der Waals surface area contributed by atoms with Crippen molar-refractivity contribution in [2.75, 3.05) is 13.1 Å². The molecule has 2 heterocycles. The SMILES string of the molecule is Cn1cc(CN2CCC[C@@H](CCc3cccc(C(F)(F)F)c3)C2)cn1. The van der Waals surface area contributed by atoms with E-state index in [1.165, 1.54) is 17.7 Å². The van der Waals surface area contributed by atoms with Gasteiger partial charge in [-0.2, -0.15) is 18.3 Å². The maximum atomic E-state index is 12.8. The molecular formula is C19H24F3N3. The predicted octanol–water partition coefficient (Wildman–Crippen LogP) is 4.28. The van der Waals surface area contributed by atoms with Crippen molar-refractivity contribution in [1.82, 2.24) is 14.7 Å². The molecule has 1 aromatic carbocycles. The molecule has 0 amide bonds. The lowest BCUT2D eigenvalue weighted by Crippen LogP contribution is -2.35. The minimum absolute atomic E-state index is 0.542. The number of rotatable bonds is 5. The van der Waals surface area contributed by atoms with Crippen LogP contribution in [0.15, 0.2) is 36.7 Å². The number of hydrogen-bond acceptors (Lipinski definition) is 2. The first-order chi connectivity index (χ1) is 11.9. The molecule has 3 rings (SSSR count). The van der Waals surface area contributed by atoms with Gasteiger partial charge in [0.2, 0.25) is 0 Å². The van der Waals surface area contributed by atoms with E-state index >= 15 is 0 Å². The number of alkyl halides is 3. The molecule has 0 saturated carbocycles. The number of nitrogens with zero attached hydrogens (tertiary/aromatic N) is 3.